The van der Waals surface area contributed by atoms with E-state index in [9.17, 15) is 14.7 Å². The molecule has 0 radical (unpaired) electrons. The van der Waals surface area contributed by atoms with Gasteiger partial charge in [0.15, 0.2) is 0 Å². The molecular weight excluding hydrogens is 252 g/mol. The number of hydrogen-bond acceptors (Lipinski definition) is 3. The molecule has 0 aromatic carbocycles. The zero-order valence-corrected chi connectivity index (χ0v) is 11.0. The molecule has 0 spiro atoms. The summed E-state index contributed by atoms with van der Waals surface area (Å²) >= 11 is 1.62. The summed E-state index contributed by atoms with van der Waals surface area (Å²) < 4.78 is 0. The summed E-state index contributed by atoms with van der Waals surface area (Å²) in [5.41, 5.74) is 0. The lowest BCUT2D eigenvalue weighted by atomic mass is 9.93. The summed E-state index contributed by atoms with van der Waals surface area (Å²) in [6.07, 6.45) is 5.46. The molecule has 2 atom stereocenters. The second-order valence-corrected chi connectivity index (χ2v) is 6.55. The molecule has 3 aliphatic rings. The van der Waals surface area contributed by atoms with E-state index in [0.717, 1.165) is 32.1 Å². The van der Waals surface area contributed by atoms with Gasteiger partial charge in [0.05, 0.1) is 5.37 Å². The topological polar surface area (TPSA) is 69.6 Å². The smallest absolute Gasteiger partial charge is 0.327 e. The second kappa shape index (κ2) is 4.64. The molecular formula is C12H18N2O3S. The van der Waals surface area contributed by atoms with Gasteiger partial charge in [-0.1, -0.05) is 0 Å². The number of aliphatic carboxylic acids is 1. The van der Waals surface area contributed by atoms with Crippen LogP contribution in [0, 0.1) is 5.92 Å². The Morgan fingerprint density at radius 3 is 2.44 bits per heavy atom. The number of urea groups is 1. The number of nitrogens with one attached hydrogen (secondary N) is 1. The van der Waals surface area contributed by atoms with Gasteiger partial charge in [-0.2, -0.15) is 0 Å². The van der Waals surface area contributed by atoms with Crippen LogP contribution in [0.4, 0.5) is 4.79 Å². The number of hydrogen-bond donors (Lipinski definition) is 2. The Balaban J connectivity index is 1.70. The monoisotopic (exact) mass is 270 g/mol. The normalized spacial score (nSPS) is 32.1. The fourth-order valence-electron chi connectivity index (χ4n) is 2.52. The number of carboxylic acids is 1. The van der Waals surface area contributed by atoms with Crippen LogP contribution in [-0.2, 0) is 4.79 Å². The van der Waals surface area contributed by atoms with Crippen LogP contribution in [0.3, 0.4) is 0 Å². The van der Waals surface area contributed by atoms with E-state index >= 15 is 0 Å². The van der Waals surface area contributed by atoms with Crippen molar-refractivity contribution in [3.8, 4) is 0 Å². The van der Waals surface area contributed by atoms with E-state index in [2.05, 4.69) is 5.32 Å². The molecule has 2 unspecified atom stereocenters. The summed E-state index contributed by atoms with van der Waals surface area (Å²) in [6, 6.07) is -0.563. The van der Waals surface area contributed by atoms with Crippen LogP contribution in [0.5, 0.6) is 0 Å². The van der Waals surface area contributed by atoms with Gasteiger partial charge in [0.1, 0.15) is 6.04 Å². The highest BCUT2D eigenvalue weighted by Gasteiger charge is 2.48. The average molecular weight is 270 g/mol. The minimum absolute atomic E-state index is 0.0752. The molecule has 2 saturated carbocycles. The second-order valence-electron chi connectivity index (χ2n) is 5.40. The number of amides is 2. The minimum Gasteiger partial charge on any atom is -0.480 e. The Labute approximate surface area is 110 Å². The van der Waals surface area contributed by atoms with E-state index in [1.165, 1.54) is 0 Å². The highest BCUT2D eigenvalue weighted by molar-refractivity contribution is 8.00. The van der Waals surface area contributed by atoms with Gasteiger partial charge < -0.3 is 10.4 Å². The third-order valence-corrected chi connectivity index (χ3v) is 5.47. The van der Waals surface area contributed by atoms with Gasteiger partial charge in [-0.05, 0) is 38.0 Å². The van der Waals surface area contributed by atoms with Crippen LogP contribution in [-0.4, -0.2) is 45.2 Å². The fourth-order valence-corrected chi connectivity index (χ4v) is 4.15. The molecule has 2 amide bonds. The molecule has 100 valence electrons. The molecule has 5 nitrogen and oxygen atoms in total. The predicted molar refractivity (Wildman–Crippen MR) is 68.4 cm³/mol. The summed E-state index contributed by atoms with van der Waals surface area (Å²) in [6.45, 7) is 0. The van der Waals surface area contributed by atoms with E-state index in [1.54, 1.807) is 16.7 Å². The molecule has 3 fully saturated rings. The molecule has 2 aliphatic carbocycles. The SMILES string of the molecule is O=C(O)C1CSC(C2CC2)N1C(=O)NC1CCC1. The van der Waals surface area contributed by atoms with Crippen molar-refractivity contribution in [3.05, 3.63) is 0 Å². The van der Waals surface area contributed by atoms with Crippen molar-refractivity contribution in [1.29, 1.82) is 0 Å². The van der Waals surface area contributed by atoms with Crippen molar-refractivity contribution in [1.82, 2.24) is 10.2 Å². The van der Waals surface area contributed by atoms with Gasteiger partial charge in [-0.15, -0.1) is 11.8 Å². The van der Waals surface area contributed by atoms with E-state index < -0.39 is 12.0 Å². The van der Waals surface area contributed by atoms with Crippen molar-refractivity contribution in [2.75, 3.05) is 5.75 Å². The standard InChI is InChI=1S/C12H18N2O3S/c15-11(16)9-6-18-10(7-4-5-7)14(9)12(17)13-8-2-1-3-8/h7-10H,1-6H2,(H,13,17)(H,15,16). The lowest BCUT2D eigenvalue weighted by molar-refractivity contribution is -0.141. The van der Waals surface area contributed by atoms with E-state index in [-0.39, 0.29) is 17.4 Å². The van der Waals surface area contributed by atoms with Gasteiger partial charge in [-0.3, -0.25) is 4.90 Å². The predicted octanol–water partition coefficient (Wildman–Crippen LogP) is 1.49. The fraction of sp³-hybridized carbons (Fsp3) is 0.833. The summed E-state index contributed by atoms with van der Waals surface area (Å²) in [5, 5.41) is 12.3. The molecule has 0 aromatic heterocycles. The summed E-state index contributed by atoms with van der Waals surface area (Å²) in [7, 11) is 0. The molecule has 2 N–H and O–H groups in total. The largest absolute Gasteiger partial charge is 0.480 e. The first-order valence-electron chi connectivity index (χ1n) is 6.60. The number of rotatable bonds is 3. The van der Waals surface area contributed by atoms with Crippen LogP contribution >= 0.6 is 11.8 Å². The Bertz CT molecular complexity index is 368. The first-order chi connectivity index (χ1) is 8.66. The summed E-state index contributed by atoms with van der Waals surface area (Å²) in [4.78, 5) is 25.1. The maximum absolute atomic E-state index is 12.2. The number of carbonyl (C=O) groups excluding carboxylic acids is 1. The van der Waals surface area contributed by atoms with Crippen molar-refractivity contribution >= 4 is 23.8 Å². The first kappa shape index (κ1) is 12.1. The molecule has 6 heteroatoms. The highest BCUT2D eigenvalue weighted by atomic mass is 32.2. The zero-order chi connectivity index (χ0) is 12.7. The quantitative estimate of drug-likeness (QED) is 0.815. The van der Waals surface area contributed by atoms with Crippen LogP contribution in [0.25, 0.3) is 0 Å². The highest BCUT2D eigenvalue weighted by Crippen LogP contribution is 2.45. The lowest BCUT2D eigenvalue weighted by Gasteiger charge is -2.32. The zero-order valence-electron chi connectivity index (χ0n) is 10.2. The Kier molecular flexibility index (Phi) is 3.13. The van der Waals surface area contributed by atoms with Gasteiger partial charge in [0.25, 0.3) is 0 Å². The minimum atomic E-state index is -0.880. The van der Waals surface area contributed by atoms with Crippen LogP contribution in [0.1, 0.15) is 32.1 Å². The van der Waals surface area contributed by atoms with Gasteiger partial charge in [-0.25, -0.2) is 9.59 Å². The Morgan fingerprint density at radius 1 is 1.22 bits per heavy atom. The Morgan fingerprint density at radius 2 is 1.94 bits per heavy atom. The molecule has 0 aromatic rings. The molecule has 1 saturated heterocycles. The third-order valence-electron chi connectivity index (χ3n) is 4.01. The number of carboxylic acid groups (broad SMARTS) is 1. The van der Waals surface area contributed by atoms with Crippen LogP contribution in [0.15, 0.2) is 0 Å². The molecule has 1 heterocycles. The lowest BCUT2D eigenvalue weighted by Crippen LogP contribution is -2.54. The third kappa shape index (κ3) is 2.18. The first-order valence-corrected chi connectivity index (χ1v) is 7.65. The molecule has 18 heavy (non-hydrogen) atoms. The number of carbonyl (C=O) groups is 2. The average Bonchev–Trinajstić information content (AvgIpc) is 3.01. The Hall–Kier alpha value is -0.910. The molecule has 3 rings (SSSR count). The van der Waals surface area contributed by atoms with Crippen molar-refractivity contribution < 1.29 is 14.7 Å². The van der Waals surface area contributed by atoms with Gasteiger partial charge >= 0.3 is 12.0 Å². The number of nitrogens with zero attached hydrogens (tertiary/aromatic N) is 1. The van der Waals surface area contributed by atoms with E-state index in [4.69, 9.17) is 0 Å². The molecule has 0 bridgehead atoms. The van der Waals surface area contributed by atoms with Crippen molar-refractivity contribution in [2.45, 2.75) is 49.6 Å². The van der Waals surface area contributed by atoms with Crippen LogP contribution in [0.2, 0.25) is 0 Å². The number of thioether (sulfide) groups is 1. The molecule has 1 aliphatic heterocycles. The van der Waals surface area contributed by atoms with E-state index in [0.29, 0.717) is 11.7 Å². The maximum atomic E-state index is 12.2. The van der Waals surface area contributed by atoms with Gasteiger partial charge in [0, 0.05) is 11.8 Å². The van der Waals surface area contributed by atoms with Crippen molar-refractivity contribution in [2.24, 2.45) is 5.92 Å². The van der Waals surface area contributed by atoms with E-state index in [1.807, 2.05) is 0 Å². The van der Waals surface area contributed by atoms with Crippen LogP contribution < -0.4 is 5.32 Å². The van der Waals surface area contributed by atoms with Crippen molar-refractivity contribution in [3.63, 3.8) is 0 Å². The van der Waals surface area contributed by atoms with Gasteiger partial charge in [0.2, 0.25) is 0 Å². The summed E-state index contributed by atoms with van der Waals surface area (Å²) in [5.74, 6) is 0.148. The maximum Gasteiger partial charge on any atom is 0.327 e.